The van der Waals surface area contributed by atoms with Crippen LogP contribution >= 0.6 is 15.9 Å². The lowest BCUT2D eigenvalue weighted by molar-refractivity contribution is 0.0996. The summed E-state index contributed by atoms with van der Waals surface area (Å²) in [5.74, 6) is -0.697. The van der Waals surface area contributed by atoms with Gasteiger partial charge < -0.3 is 5.73 Å². The molecule has 2 aromatic rings. The number of rotatable bonds is 2. The quantitative estimate of drug-likeness (QED) is 0.866. The summed E-state index contributed by atoms with van der Waals surface area (Å²) in [7, 11) is 0. The molecule has 6 nitrogen and oxygen atoms in total. The van der Waals surface area contributed by atoms with Crippen LogP contribution in [0.25, 0.3) is 11.3 Å². The smallest absolute Gasteiger partial charge is 0.271 e. The third kappa shape index (κ3) is 1.90. The van der Waals surface area contributed by atoms with Crippen molar-refractivity contribution in [3.05, 3.63) is 33.9 Å². The highest BCUT2D eigenvalue weighted by atomic mass is 79.9. The maximum absolute atomic E-state index is 11.1. The summed E-state index contributed by atoms with van der Waals surface area (Å²) in [4.78, 5) is 11.1. The predicted molar refractivity (Wildman–Crippen MR) is 62.8 cm³/mol. The Labute approximate surface area is 105 Å². The van der Waals surface area contributed by atoms with Gasteiger partial charge in [0.1, 0.15) is 11.8 Å². The molecular formula is C10H6BrN5O. The zero-order valence-electron chi connectivity index (χ0n) is 8.44. The van der Waals surface area contributed by atoms with E-state index in [1.807, 2.05) is 6.07 Å². The van der Waals surface area contributed by atoms with Crippen LogP contribution in [0.4, 0.5) is 0 Å². The Balaban J connectivity index is 2.70. The van der Waals surface area contributed by atoms with Crippen LogP contribution in [0.1, 0.15) is 16.1 Å². The number of hydrogen-bond donors (Lipinski definition) is 2. The van der Waals surface area contributed by atoms with Gasteiger partial charge in [-0.1, -0.05) is 12.1 Å². The molecule has 2 rings (SSSR count). The maximum Gasteiger partial charge on any atom is 0.271 e. The summed E-state index contributed by atoms with van der Waals surface area (Å²) >= 11 is 3.26. The standard InChI is InChI=1S/C10H6BrN5O/c11-7-3-1-2-5(6(7)4-12)8-9(10(13)17)15-16-14-8/h1-3H,(H2,13,17)(H,14,15,16). The van der Waals surface area contributed by atoms with Gasteiger partial charge in [-0.15, -0.1) is 0 Å². The van der Waals surface area contributed by atoms with Gasteiger partial charge in [-0.05, 0) is 22.0 Å². The number of carbonyl (C=O) groups is 1. The lowest BCUT2D eigenvalue weighted by Crippen LogP contribution is -2.13. The lowest BCUT2D eigenvalue weighted by Gasteiger charge is -2.02. The van der Waals surface area contributed by atoms with E-state index >= 15 is 0 Å². The first kappa shape index (κ1) is 11.3. The van der Waals surface area contributed by atoms with Crippen molar-refractivity contribution < 1.29 is 4.79 Å². The molecule has 0 aliphatic rings. The highest BCUT2D eigenvalue weighted by Crippen LogP contribution is 2.28. The molecule has 84 valence electrons. The van der Waals surface area contributed by atoms with Crippen molar-refractivity contribution in [1.29, 1.82) is 5.26 Å². The van der Waals surface area contributed by atoms with E-state index in [4.69, 9.17) is 11.0 Å². The van der Waals surface area contributed by atoms with Crippen LogP contribution < -0.4 is 5.73 Å². The second-order valence-electron chi connectivity index (χ2n) is 3.16. The van der Waals surface area contributed by atoms with Gasteiger partial charge in [0.15, 0.2) is 5.69 Å². The fourth-order valence-electron chi connectivity index (χ4n) is 1.43. The van der Waals surface area contributed by atoms with E-state index in [9.17, 15) is 4.79 Å². The average Bonchev–Trinajstić information content (AvgIpc) is 2.77. The Hall–Kier alpha value is -2.20. The molecule has 0 fully saturated rings. The zero-order valence-corrected chi connectivity index (χ0v) is 10.0. The van der Waals surface area contributed by atoms with Crippen LogP contribution in [0.3, 0.4) is 0 Å². The molecule has 1 aromatic heterocycles. The van der Waals surface area contributed by atoms with Crippen molar-refractivity contribution in [1.82, 2.24) is 15.4 Å². The zero-order chi connectivity index (χ0) is 12.4. The number of hydrogen-bond acceptors (Lipinski definition) is 4. The number of carbonyl (C=O) groups excluding carboxylic acids is 1. The number of aromatic nitrogens is 3. The molecule has 0 saturated carbocycles. The van der Waals surface area contributed by atoms with Crippen molar-refractivity contribution in [2.75, 3.05) is 0 Å². The largest absolute Gasteiger partial charge is 0.364 e. The molecule has 17 heavy (non-hydrogen) atoms. The van der Waals surface area contributed by atoms with Crippen LogP contribution in [0.5, 0.6) is 0 Å². The third-order valence-electron chi connectivity index (χ3n) is 2.16. The Bertz CT molecular complexity index is 628. The molecule has 1 amide bonds. The number of aromatic amines is 1. The van der Waals surface area contributed by atoms with Crippen molar-refractivity contribution in [3.8, 4) is 17.3 Å². The minimum atomic E-state index is -0.697. The second-order valence-corrected chi connectivity index (χ2v) is 4.01. The lowest BCUT2D eigenvalue weighted by atomic mass is 10.0. The molecule has 7 heteroatoms. The minimum absolute atomic E-state index is 0.0135. The minimum Gasteiger partial charge on any atom is -0.364 e. The first-order valence-electron chi connectivity index (χ1n) is 4.54. The van der Waals surface area contributed by atoms with Crippen molar-refractivity contribution in [2.24, 2.45) is 5.73 Å². The number of H-pyrrole nitrogens is 1. The molecule has 1 heterocycles. The summed E-state index contributed by atoms with van der Waals surface area (Å²) in [5.41, 5.74) is 6.34. The Morgan fingerprint density at radius 1 is 1.47 bits per heavy atom. The van der Waals surface area contributed by atoms with E-state index in [1.165, 1.54) is 0 Å². The molecule has 0 aliphatic carbocycles. The van der Waals surface area contributed by atoms with Gasteiger partial charge in [-0.3, -0.25) is 4.79 Å². The van der Waals surface area contributed by atoms with E-state index in [0.29, 0.717) is 15.6 Å². The van der Waals surface area contributed by atoms with Gasteiger partial charge in [0.25, 0.3) is 5.91 Å². The summed E-state index contributed by atoms with van der Waals surface area (Å²) in [6.07, 6.45) is 0. The Morgan fingerprint density at radius 3 is 2.88 bits per heavy atom. The normalized spacial score (nSPS) is 9.88. The highest BCUT2D eigenvalue weighted by molar-refractivity contribution is 9.10. The van der Waals surface area contributed by atoms with Crippen LogP contribution in [0.2, 0.25) is 0 Å². The van der Waals surface area contributed by atoms with Gasteiger partial charge in [0, 0.05) is 10.0 Å². The fraction of sp³-hybridized carbons (Fsp3) is 0. The van der Waals surface area contributed by atoms with Crippen molar-refractivity contribution >= 4 is 21.8 Å². The van der Waals surface area contributed by atoms with Crippen molar-refractivity contribution in [3.63, 3.8) is 0 Å². The number of nitriles is 1. The molecule has 0 unspecified atom stereocenters. The van der Waals surface area contributed by atoms with Gasteiger partial charge in [0.2, 0.25) is 0 Å². The summed E-state index contributed by atoms with van der Waals surface area (Å²) in [6.45, 7) is 0. The number of halogens is 1. The van der Waals surface area contributed by atoms with Crippen LogP contribution in [0, 0.1) is 11.3 Å². The Kier molecular flexibility index (Phi) is 2.89. The topological polar surface area (TPSA) is 108 Å². The predicted octanol–water partition coefficient (Wildman–Crippen LogP) is 1.20. The molecule has 0 spiro atoms. The van der Waals surface area contributed by atoms with Crippen LogP contribution in [0.15, 0.2) is 22.7 Å². The van der Waals surface area contributed by atoms with Crippen molar-refractivity contribution in [2.45, 2.75) is 0 Å². The van der Waals surface area contributed by atoms with Gasteiger partial charge in [0.05, 0.1) is 5.56 Å². The van der Waals surface area contributed by atoms with E-state index in [1.54, 1.807) is 18.2 Å². The number of primary amides is 1. The maximum atomic E-state index is 11.1. The van der Waals surface area contributed by atoms with Gasteiger partial charge >= 0.3 is 0 Å². The summed E-state index contributed by atoms with van der Waals surface area (Å²) in [6, 6.07) is 7.18. The molecule has 0 aliphatic heterocycles. The van der Waals surface area contributed by atoms with Crippen LogP contribution in [-0.2, 0) is 0 Å². The summed E-state index contributed by atoms with van der Waals surface area (Å²) < 4.78 is 0.621. The number of nitrogens with zero attached hydrogens (tertiary/aromatic N) is 3. The van der Waals surface area contributed by atoms with E-state index < -0.39 is 5.91 Å². The molecule has 1 aromatic carbocycles. The number of benzene rings is 1. The summed E-state index contributed by atoms with van der Waals surface area (Å²) in [5, 5.41) is 18.9. The third-order valence-corrected chi connectivity index (χ3v) is 2.82. The monoisotopic (exact) mass is 291 g/mol. The average molecular weight is 292 g/mol. The highest BCUT2D eigenvalue weighted by Gasteiger charge is 2.18. The van der Waals surface area contributed by atoms with E-state index in [0.717, 1.165) is 0 Å². The SMILES string of the molecule is N#Cc1c(Br)cccc1-c1n[nH]nc1C(N)=O. The molecule has 0 bridgehead atoms. The van der Waals surface area contributed by atoms with Gasteiger partial charge in [-0.25, -0.2) is 0 Å². The molecule has 0 atom stereocenters. The first-order chi connectivity index (χ1) is 8.15. The fourth-order valence-corrected chi connectivity index (χ4v) is 1.88. The number of nitrogens with two attached hydrogens (primary N) is 1. The molecular weight excluding hydrogens is 286 g/mol. The number of amides is 1. The molecule has 0 saturated heterocycles. The van der Waals surface area contributed by atoms with E-state index in [2.05, 4.69) is 31.3 Å². The van der Waals surface area contributed by atoms with Crippen LogP contribution in [-0.4, -0.2) is 21.3 Å². The number of nitrogens with one attached hydrogen (secondary N) is 1. The Morgan fingerprint density at radius 2 is 2.24 bits per heavy atom. The second kappa shape index (κ2) is 4.35. The first-order valence-corrected chi connectivity index (χ1v) is 5.34. The molecule has 3 N–H and O–H groups in total. The molecule has 0 radical (unpaired) electrons. The van der Waals surface area contributed by atoms with E-state index in [-0.39, 0.29) is 11.4 Å². The van der Waals surface area contributed by atoms with Gasteiger partial charge in [-0.2, -0.15) is 20.7 Å².